The van der Waals surface area contributed by atoms with Crippen molar-refractivity contribution in [1.29, 1.82) is 0 Å². The Bertz CT molecular complexity index is 833. The molecule has 0 aliphatic carbocycles. The number of nitrogens with one attached hydrogen (secondary N) is 1. The summed E-state index contributed by atoms with van der Waals surface area (Å²) in [7, 11) is 0. The number of benzene rings is 1. The summed E-state index contributed by atoms with van der Waals surface area (Å²) in [5.41, 5.74) is -0.763. The lowest BCUT2D eigenvalue weighted by Crippen LogP contribution is -2.44. The maximum absolute atomic E-state index is 13.3. The average molecular weight is 489 g/mol. The monoisotopic (exact) mass is 488 g/mol. The van der Waals surface area contributed by atoms with Gasteiger partial charge in [0.15, 0.2) is 11.5 Å². The average Bonchev–Trinajstić information content (AvgIpc) is 2.68. The van der Waals surface area contributed by atoms with Gasteiger partial charge < -0.3 is 15.0 Å². The second-order valence-corrected chi connectivity index (χ2v) is 8.45. The first-order valence-corrected chi connectivity index (χ1v) is 10.1. The number of halogens is 4. The van der Waals surface area contributed by atoms with Crippen molar-refractivity contribution in [3.63, 3.8) is 0 Å². The number of ether oxygens (including phenoxy) is 1. The Balaban J connectivity index is 0.000000396. The molecule has 30 heavy (non-hydrogen) atoms. The molecule has 2 aromatic rings. The standard InChI is InChI=1S/C15H14BrF3N4.C5H10O2/c16-11-3-1-10(2-4-11)12-9-13(23-7-5-20-6-8-23)21-22-14(12)15(17,18)19;1-5(2,3)7-4-6/h1-4,9,20H,5-8H2;4H,1-3H3. The molecule has 1 saturated heterocycles. The van der Waals surface area contributed by atoms with Crippen LogP contribution in [0.4, 0.5) is 19.0 Å². The lowest BCUT2D eigenvalue weighted by molar-refractivity contribution is -0.141. The van der Waals surface area contributed by atoms with Gasteiger partial charge >= 0.3 is 6.18 Å². The number of nitrogens with zero attached hydrogens (tertiary/aromatic N) is 3. The van der Waals surface area contributed by atoms with E-state index in [2.05, 4.69) is 36.2 Å². The minimum absolute atomic E-state index is 0.0496. The minimum Gasteiger partial charge on any atom is -0.462 e. The third kappa shape index (κ3) is 7.24. The molecule has 0 bridgehead atoms. The fraction of sp³-hybridized carbons (Fsp3) is 0.450. The lowest BCUT2D eigenvalue weighted by atomic mass is 10.0. The highest BCUT2D eigenvalue weighted by Crippen LogP contribution is 2.37. The van der Waals surface area contributed by atoms with Crippen LogP contribution in [-0.2, 0) is 15.7 Å². The van der Waals surface area contributed by atoms with Crippen molar-refractivity contribution < 1.29 is 22.7 Å². The highest BCUT2D eigenvalue weighted by atomic mass is 79.9. The van der Waals surface area contributed by atoms with Gasteiger partial charge in [0.05, 0.1) is 0 Å². The predicted octanol–water partition coefficient (Wildman–Crippen LogP) is 4.29. The van der Waals surface area contributed by atoms with Crippen molar-refractivity contribution >= 4 is 28.2 Å². The van der Waals surface area contributed by atoms with Crippen LogP contribution in [-0.4, -0.2) is 48.4 Å². The number of piperazine rings is 1. The second-order valence-electron chi connectivity index (χ2n) is 7.53. The number of aromatic nitrogens is 2. The molecule has 3 rings (SSSR count). The molecule has 1 N–H and O–H groups in total. The van der Waals surface area contributed by atoms with E-state index in [0.29, 0.717) is 30.9 Å². The van der Waals surface area contributed by atoms with Gasteiger partial charge in [-0.15, -0.1) is 10.2 Å². The number of hydrogen-bond acceptors (Lipinski definition) is 6. The van der Waals surface area contributed by atoms with Gasteiger partial charge in [0.25, 0.3) is 6.47 Å². The van der Waals surface area contributed by atoms with Crippen molar-refractivity contribution in [1.82, 2.24) is 15.5 Å². The van der Waals surface area contributed by atoms with E-state index in [-0.39, 0.29) is 11.2 Å². The maximum Gasteiger partial charge on any atom is 0.435 e. The van der Waals surface area contributed by atoms with Crippen molar-refractivity contribution in [2.45, 2.75) is 32.5 Å². The fourth-order valence-corrected chi connectivity index (χ4v) is 2.90. The van der Waals surface area contributed by atoms with Gasteiger partial charge in [0.1, 0.15) is 5.60 Å². The van der Waals surface area contributed by atoms with Crippen molar-refractivity contribution in [3.05, 3.63) is 40.5 Å². The van der Waals surface area contributed by atoms with Crippen LogP contribution in [0.25, 0.3) is 11.1 Å². The van der Waals surface area contributed by atoms with Crippen molar-refractivity contribution in [2.24, 2.45) is 0 Å². The van der Waals surface area contributed by atoms with Crippen LogP contribution in [0.1, 0.15) is 26.5 Å². The molecule has 10 heteroatoms. The molecule has 1 aromatic carbocycles. The Morgan fingerprint density at radius 1 is 1.10 bits per heavy atom. The van der Waals surface area contributed by atoms with Gasteiger partial charge in [-0.2, -0.15) is 13.2 Å². The predicted molar refractivity (Wildman–Crippen MR) is 112 cm³/mol. The molecule has 0 spiro atoms. The number of rotatable bonds is 3. The first kappa shape index (κ1) is 24.1. The molecule has 2 heterocycles. The Kier molecular flexibility index (Phi) is 8.19. The summed E-state index contributed by atoms with van der Waals surface area (Å²) in [6, 6.07) is 8.17. The summed E-state index contributed by atoms with van der Waals surface area (Å²) in [5, 5.41) is 10.5. The zero-order valence-electron chi connectivity index (χ0n) is 17.0. The van der Waals surface area contributed by atoms with Crippen molar-refractivity contribution in [2.75, 3.05) is 31.1 Å². The van der Waals surface area contributed by atoms with Gasteiger partial charge in [-0.3, -0.25) is 4.79 Å². The smallest absolute Gasteiger partial charge is 0.435 e. The molecule has 0 saturated carbocycles. The molecule has 1 aliphatic heterocycles. The molecular formula is C20H24BrF3N4O2. The summed E-state index contributed by atoms with van der Waals surface area (Å²) in [4.78, 5) is 11.5. The summed E-state index contributed by atoms with van der Waals surface area (Å²) in [6.45, 7) is 8.86. The number of anilines is 1. The van der Waals surface area contributed by atoms with Gasteiger partial charge in [0, 0.05) is 36.2 Å². The highest BCUT2D eigenvalue weighted by molar-refractivity contribution is 9.10. The molecule has 6 nitrogen and oxygen atoms in total. The van der Waals surface area contributed by atoms with Gasteiger partial charge in [-0.25, -0.2) is 0 Å². The van der Waals surface area contributed by atoms with Crippen LogP contribution in [0.3, 0.4) is 0 Å². The third-order valence-electron chi connectivity index (χ3n) is 4.05. The molecule has 1 aromatic heterocycles. The van der Waals surface area contributed by atoms with E-state index in [1.54, 1.807) is 24.3 Å². The Morgan fingerprint density at radius 3 is 2.17 bits per heavy atom. The molecule has 1 fully saturated rings. The Labute approximate surface area is 181 Å². The van der Waals surface area contributed by atoms with Crippen molar-refractivity contribution in [3.8, 4) is 11.1 Å². The van der Waals surface area contributed by atoms with E-state index in [1.807, 2.05) is 25.7 Å². The van der Waals surface area contributed by atoms with Gasteiger partial charge in [0.2, 0.25) is 0 Å². The van der Waals surface area contributed by atoms with Crippen LogP contribution in [0, 0.1) is 0 Å². The third-order valence-corrected chi connectivity index (χ3v) is 4.58. The summed E-state index contributed by atoms with van der Waals surface area (Å²) in [5.74, 6) is 0.470. The first-order chi connectivity index (χ1) is 14.0. The maximum atomic E-state index is 13.3. The molecule has 0 radical (unpaired) electrons. The number of carbonyl (C=O) groups is 1. The Hall–Kier alpha value is -2.20. The molecule has 0 amide bonds. The second kappa shape index (κ2) is 10.2. The van der Waals surface area contributed by atoms with Crippen LogP contribution in [0.5, 0.6) is 0 Å². The minimum atomic E-state index is -4.54. The molecule has 0 atom stereocenters. The zero-order valence-corrected chi connectivity index (χ0v) is 18.5. The van der Waals surface area contributed by atoms with Crippen LogP contribution >= 0.6 is 15.9 Å². The number of hydrogen-bond donors (Lipinski definition) is 1. The highest BCUT2D eigenvalue weighted by Gasteiger charge is 2.37. The largest absolute Gasteiger partial charge is 0.462 e. The summed E-state index contributed by atoms with van der Waals surface area (Å²) >= 11 is 3.29. The van der Waals surface area contributed by atoms with Gasteiger partial charge in [-0.05, 0) is 44.5 Å². The lowest BCUT2D eigenvalue weighted by Gasteiger charge is -2.28. The molecule has 164 valence electrons. The van der Waals surface area contributed by atoms with Crippen LogP contribution < -0.4 is 10.2 Å². The van der Waals surface area contributed by atoms with E-state index in [0.717, 1.165) is 17.6 Å². The van der Waals surface area contributed by atoms with E-state index >= 15 is 0 Å². The Morgan fingerprint density at radius 2 is 1.70 bits per heavy atom. The topological polar surface area (TPSA) is 67.3 Å². The van der Waals surface area contributed by atoms with E-state index < -0.39 is 11.9 Å². The number of alkyl halides is 3. The first-order valence-electron chi connectivity index (χ1n) is 9.29. The van der Waals surface area contributed by atoms with E-state index in [4.69, 9.17) is 0 Å². The summed E-state index contributed by atoms with van der Waals surface area (Å²) < 4.78 is 45.1. The van der Waals surface area contributed by atoms with Crippen LogP contribution in [0.15, 0.2) is 34.8 Å². The summed E-state index contributed by atoms with van der Waals surface area (Å²) in [6.07, 6.45) is -4.54. The fourth-order valence-electron chi connectivity index (χ4n) is 2.63. The molecule has 1 aliphatic rings. The van der Waals surface area contributed by atoms with Gasteiger partial charge in [-0.1, -0.05) is 28.1 Å². The van der Waals surface area contributed by atoms with Crippen LogP contribution in [0.2, 0.25) is 0 Å². The zero-order chi connectivity index (χ0) is 22.4. The quantitative estimate of drug-likeness (QED) is 0.649. The normalized spacial score (nSPS) is 14.6. The SMILES string of the molecule is CC(C)(C)OC=O.FC(F)(F)c1nnc(N2CCNCC2)cc1-c1ccc(Br)cc1. The molecular weight excluding hydrogens is 465 g/mol. The molecule has 0 unspecified atom stereocenters. The van der Waals surface area contributed by atoms with E-state index in [9.17, 15) is 18.0 Å². The number of carbonyl (C=O) groups excluding carboxylic acids is 1. The van der Waals surface area contributed by atoms with E-state index in [1.165, 1.54) is 6.07 Å².